The van der Waals surface area contributed by atoms with Crippen LogP contribution in [0.3, 0.4) is 0 Å². The average Bonchev–Trinajstić information content (AvgIpc) is 2.70. The van der Waals surface area contributed by atoms with Crippen molar-refractivity contribution in [3.8, 4) is 5.75 Å². The van der Waals surface area contributed by atoms with Crippen LogP contribution >= 0.6 is 31.9 Å². The van der Waals surface area contributed by atoms with E-state index in [1.165, 1.54) is 50.5 Å². The largest absolute Gasteiger partial charge is 0.493 e. The quantitative estimate of drug-likeness (QED) is 0.395. The Labute approximate surface area is 139 Å². The highest BCUT2D eigenvalue weighted by atomic mass is 79.9. The van der Waals surface area contributed by atoms with Gasteiger partial charge in [-0.15, -0.1) is 0 Å². The molecule has 1 aliphatic rings. The van der Waals surface area contributed by atoms with Gasteiger partial charge in [0.05, 0.1) is 11.1 Å². The summed E-state index contributed by atoms with van der Waals surface area (Å²) in [5.74, 6) is 1.82. The molecule has 0 aromatic heterocycles. The van der Waals surface area contributed by atoms with Crippen molar-refractivity contribution in [3.63, 3.8) is 0 Å². The van der Waals surface area contributed by atoms with Crippen LogP contribution in [0.1, 0.15) is 62.3 Å². The van der Waals surface area contributed by atoms with Crippen LogP contribution in [-0.4, -0.2) is 6.61 Å². The number of ether oxygens (including phenoxy) is 1. The monoisotopic (exact) mass is 402 g/mol. The van der Waals surface area contributed by atoms with Crippen LogP contribution in [0, 0.1) is 5.92 Å². The van der Waals surface area contributed by atoms with Gasteiger partial charge in [0.25, 0.3) is 0 Å². The van der Waals surface area contributed by atoms with Gasteiger partial charge in [-0.05, 0) is 52.9 Å². The topological polar surface area (TPSA) is 9.23 Å². The third-order valence-corrected chi connectivity index (χ3v) is 5.65. The summed E-state index contributed by atoms with van der Waals surface area (Å²) < 4.78 is 6.63. The van der Waals surface area contributed by atoms with E-state index in [1.807, 2.05) is 6.92 Å². The van der Waals surface area contributed by atoms with Crippen molar-refractivity contribution in [1.29, 1.82) is 0 Å². The molecule has 1 aromatic rings. The molecule has 112 valence electrons. The average molecular weight is 404 g/mol. The zero-order valence-corrected chi connectivity index (χ0v) is 15.4. The summed E-state index contributed by atoms with van der Waals surface area (Å²) in [6.07, 6.45) is 9.74. The van der Waals surface area contributed by atoms with Gasteiger partial charge >= 0.3 is 0 Å². The van der Waals surface area contributed by atoms with Gasteiger partial charge in [-0.3, -0.25) is 0 Å². The van der Waals surface area contributed by atoms with Crippen molar-refractivity contribution < 1.29 is 4.74 Å². The molecule has 1 nitrogen and oxygen atoms in total. The molecule has 1 atom stereocenters. The lowest BCUT2D eigenvalue weighted by molar-refractivity contribution is 0.338. The maximum atomic E-state index is 5.58. The van der Waals surface area contributed by atoms with Crippen molar-refractivity contribution in [1.82, 2.24) is 0 Å². The second kappa shape index (κ2) is 8.43. The Bertz CT molecular complexity index is 411. The fraction of sp³-hybridized carbons (Fsp3) is 0.647. The van der Waals surface area contributed by atoms with Gasteiger partial charge < -0.3 is 4.74 Å². The van der Waals surface area contributed by atoms with Gasteiger partial charge in [0.2, 0.25) is 0 Å². The number of halogens is 2. The first-order chi connectivity index (χ1) is 9.70. The Balaban J connectivity index is 1.97. The number of rotatable bonds is 5. The van der Waals surface area contributed by atoms with Crippen molar-refractivity contribution in [2.45, 2.75) is 56.7 Å². The number of hydrogen-bond donors (Lipinski definition) is 0. The summed E-state index contributed by atoms with van der Waals surface area (Å²) in [6.45, 7) is 2.72. The van der Waals surface area contributed by atoms with E-state index in [4.69, 9.17) is 4.74 Å². The van der Waals surface area contributed by atoms with E-state index in [0.717, 1.165) is 16.1 Å². The van der Waals surface area contributed by atoms with Crippen LogP contribution in [0.15, 0.2) is 22.7 Å². The van der Waals surface area contributed by atoms with Crippen LogP contribution in [0.5, 0.6) is 5.75 Å². The summed E-state index contributed by atoms with van der Waals surface area (Å²) in [4.78, 5) is 0.456. The lowest BCUT2D eigenvalue weighted by Crippen LogP contribution is -2.03. The maximum Gasteiger partial charge on any atom is 0.133 e. The molecular weight excluding hydrogens is 380 g/mol. The van der Waals surface area contributed by atoms with Crippen LogP contribution in [0.4, 0.5) is 0 Å². The van der Waals surface area contributed by atoms with Gasteiger partial charge in [-0.2, -0.15) is 0 Å². The van der Waals surface area contributed by atoms with Crippen LogP contribution in [0.2, 0.25) is 0 Å². The molecule has 0 N–H and O–H groups in total. The third kappa shape index (κ3) is 4.77. The minimum absolute atomic E-state index is 0.456. The van der Waals surface area contributed by atoms with Crippen molar-refractivity contribution >= 4 is 31.9 Å². The van der Waals surface area contributed by atoms with Crippen molar-refractivity contribution in [2.75, 3.05) is 6.61 Å². The Morgan fingerprint density at radius 1 is 1.20 bits per heavy atom. The maximum absolute atomic E-state index is 5.58. The number of hydrogen-bond acceptors (Lipinski definition) is 1. The normalized spacial score (nSPS) is 18.6. The Kier molecular flexibility index (Phi) is 6.89. The molecular formula is C17H24Br2O. The SMILES string of the molecule is CCOc1ccc(C(Br)CC2CCCCCC2)cc1Br. The van der Waals surface area contributed by atoms with Gasteiger partial charge in [0.15, 0.2) is 0 Å². The molecule has 2 rings (SSSR count). The fourth-order valence-corrected chi connectivity index (χ4v) is 4.34. The standard InChI is InChI=1S/C17H24Br2O/c1-2-20-17-10-9-14(12-16(17)19)15(18)11-13-7-5-3-4-6-8-13/h9-10,12-13,15H,2-8,11H2,1H3. The minimum atomic E-state index is 0.456. The first kappa shape index (κ1) is 16.4. The highest BCUT2D eigenvalue weighted by Gasteiger charge is 2.18. The van der Waals surface area contributed by atoms with Gasteiger partial charge in [-0.25, -0.2) is 0 Å². The van der Waals surface area contributed by atoms with Crippen molar-refractivity contribution in [2.24, 2.45) is 5.92 Å². The molecule has 1 unspecified atom stereocenters. The molecule has 0 amide bonds. The van der Waals surface area contributed by atoms with E-state index in [9.17, 15) is 0 Å². The lowest BCUT2D eigenvalue weighted by atomic mass is 9.93. The summed E-state index contributed by atoms with van der Waals surface area (Å²) in [5, 5.41) is 0. The highest BCUT2D eigenvalue weighted by Crippen LogP contribution is 2.38. The van der Waals surface area contributed by atoms with Crippen LogP contribution in [-0.2, 0) is 0 Å². The molecule has 0 bridgehead atoms. The predicted octanol–water partition coefficient (Wildman–Crippen LogP) is 6.64. The van der Waals surface area contributed by atoms with E-state index < -0.39 is 0 Å². The van der Waals surface area contributed by atoms with E-state index in [-0.39, 0.29) is 0 Å². The molecule has 1 aromatic carbocycles. The lowest BCUT2D eigenvalue weighted by Gasteiger charge is -2.19. The Morgan fingerprint density at radius 2 is 1.90 bits per heavy atom. The summed E-state index contributed by atoms with van der Waals surface area (Å²) >= 11 is 7.49. The molecule has 0 aliphatic heterocycles. The molecule has 3 heteroatoms. The third-order valence-electron chi connectivity index (χ3n) is 4.13. The molecule has 20 heavy (non-hydrogen) atoms. The van der Waals surface area contributed by atoms with E-state index in [0.29, 0.717) is 11.4 Å². The van der Waals surface area contributed by atoms with Gasteiger partial charge in [0, 0.05) is 4.83 Å². The molecule has 0 heterocycles. The predicted molar refractivity (Wildman–Crippen MR) is 92.8 cm³/mol. The van der Waals surface area contributed by atoms with Crippen LogP contribution < -0.4 is 4.74 Å². The summed E-state index contributed by atoms with van der Waals surface area (Å²) in [7, 11) is 0. The zero-order valence-electron chi connectivity index (χ0n) is 12.2. The van der Waals surface area contributed by atoms with Gasteiger partial charge in [-0.1, -0.05) is 60.5 Å². The summed E-state index contributed by atoms with van der Waals surface area (Å²) in [5.41, 5.74) is 1.35. The van der Waals surface area contributed by atoms with Crippen LogP contribution in [0.25, 0.3) is 0 Å². The number of benzene rings is 1. The second-order valence-corrected chi connectivity index (χ2v) is 7.64. The smallest absolute Gasteiger partial charge is 0.133 e. The Hall–Kier alpha value is -0.0200. The molecule has 0 radical (unpaired) electrons. The first-order valence-corrected chi connectivity index (χ1v) is 9.48. The fourth-order valence-electron chi connectivity index (χ4n) is 3.01. The molecule has 0 saturated heterocycles. The van der Waals surface area contributed by atoms with E-state index in [2.05, 4.69) is 50.1 Å². The molecule has 1 saturated carbocycles. The first-order valence-electron chi connectivity index (χ1n) is 7.77. The molecule has 1 aliphatic carbocycles. The van der Waals surface area contributed by atoms with E-state index >= 15 is 0 Å². The summed E-state index contributed by atoms with van der Waals surface area (Å²) in [6, 6.07) is 6.46. The van der Waals surface area contributed by atoms with Crippen molar-refractivity contribution in [3.05, 3.63) is 28.2 Å². The second-order valence-electron chi connectivity index (χ2n) is 5.68. The van der Waals surface area contributed by atoms with E-state index in [1.54, 1.807) is 0 Å². The zero-order chi connectivity index (χ0) is 14.4. The number of alkyl halides is 1. The molecule has 1 fully saturated rings. The highest BCUT2D eigenvalue weighted by molar-refractivity contribution is 9.10. The molecule has 0 spiro atoms. The van der Waals surface area contributed by atoms with Gasteiger partial charge in [0.1, 0.15) is 5.75 Å². The minimum Gasteiger partial charge on any atom is -0.493 e. The Morgan fingerprint density at radius 3 is 2.50 bits per heavy atom.